The summed E-state index contributed by atoms with van der Waals surface area (Å²) in [5.74, 6) is 0. The minimum Gasteiger partial charge on any atom is -0.255 e. The number of pyridine rings is 1. The van der Waals surface area contributed by atoms with Crippen molar-refractivity contribution < 1.29 is 0 Å². The smallest absolute Gasteiger partial charge is 0.101 e. The van der Waals surface area contributed by atoms with Crippen molar-refractivity contribution in [3.05, 3.63) is 35.2 Å². The van der Waals surface area contributed by atoms with Gasteiger partial charge in [0.05, 0.1) is 11.3 Å². The molecule has 0 saturated carbocycles. The molecule has 1 aliphatic rings. The van der Waals surface area contributed by atoms with E-state index in [0.717, 1.165) is 36.1 Å². The van der Waals surface area contributed by atoms with Gasteiger partial charge in [-0.15, -0.1) is 0 Å². The Morgan fingerprint density at radius 3 is 2.86 bits per heavy atom. The highest BCUT2D eigenvalue weighted by molar-refractivity contribution is 5.64. The molecule has 0 amide bonds. The lowest BCUT2D eigenvalue weighted by Crippen LogP contribution is -1.97. The minimum absolute atomic E-state index is 0.738. The van der Waals surface area contributed by atoms with Crippen molar-refractivity contribution in [3.8, 4) is 6.07 Å². The Morgan fingerprint density at radius 1 is 1.50 bits per heavy atom. The molecule has 0 N–H and O–H groups in total. The van der Waals surface area contributed by atoms with E-state index in [1.54, 1.807) is 6.20 Å². The molecule has 14 heavy (non-hydrogen) atoms. The van der Waals surface area contributed by atoms with Gasteiger partial charge in [0, 0.05) is 6.20 Å². The van der Waals surface area contributed by atoms with E-state index in [1.807, 2.05) is 6.92 Å². The van der Waals surface area contributed by atoms with Crippen molar-refractivity contribution in [3.63, 3.8) is 0 Å². The largest absolute Gasteiger partial charge is 0.255 e. The van der Waals surface area contributed by atoms with Crippen LogP contribution in [-0.4, -0.2) is 4.98 Å². The lowest BCUT2D eigenvalue weighted by Gasteiger charge is -2.07. The third-order valence-corrected chi connectivity index (χ3v) is 2.68. The van der Waals surface area contributed by atoms with Gasteiger partial charge >= 0.3 is 0 Å². The van der Waals surface area contributed by atoms with Crippen LogP contribution in [0.15, 0.2) is 12.8 Å². The van der Waals surface area contributed by atoms with Gasteiger partial charge in [0.2, 0.25) is 0 Å². The zero-order valence-electron chi connectivity index (χ0n) is 8.30. The van der Waals surface area contributed by atoms with Crippen LogP contribution in [0.2, 0.25) is 0 Å². The summed E-state index contributed by atoms with van der Waals surface area (Å²) >= 11 is 0. The molecule has 0 aromatic carbocycles. The predicted molar refractivity (Wildman–Crippen MR) is 55.7 cm³/mol. The number of rotatable bonds is 1. The SMILES string of the molecule is C=C(C)c1ncc(C#N)c2c1CCC2. The second-order valence-electron chi connectivity index (χ2n) is 3.72. The molecule has 0 atom stereocenters. The van der Waals surface area contributed by atoms with Crippen LogP contribution < -0.4 is 0 Å². The van der Waals surface area contributed by atoms with E-state index in [9.17, 15) is 0 Å². The number of nitriles is 1. The molecule has 2 heteroatoms. The third-order valence-electron chi connectivity index (χ3n) is 2.68. The van der Waals surface area contributed by atoms with Gasteiger partial charge in [-0.1, -0.05) is 6.58 Å². The van der Waals surface area contributed by atoms with E-state index < -0.39 is 0 Å². The van der Waals surface area contributed by atoms with Crippen molar-refractivity contribution in [1.82, 2.24) is 4.98 Å². The summed E-state index contributed by atoms with van der Waals surface area (Å²) in [6, 6.07) is 2.20. The second-order valence-corrected chi connectivity index (χ2v) is 3.72. The quantitative estimate of drug-likeness (QED) is 0.672. The van der Waals surface area contributed by atoms with E-state index in [1.165, 1.54) is 11.1 Å². The molecule has 0 radical (unpaired) electrons. The highest BCUT2D eigenvalue weighted by Crippen LogP contribution is 2.29. The fraction of sp³-hybridized carbons (Fsp3) is 0.333. The molecule has 1 aromatic heterocycles. The third kappa shape index (κ3) is 1.22. The maximum Gasteiger partial charge on any atom is 0.101 e. The molecule has 0 fully saturated rings. The van der Waals surface area contributed by atoms with Crippen LogP contribution in [0, 0.1) is 11.3 Å². The topological polar surface area (TPSA) is 36.7 Å². The van der Waals surface area contributed by atoms with Crippen LogP contribution in [-0.2, 0) is 12.8 Å². The van der Waals surface area contributed by atoms with Gasteiger partial charge in [0.1, 0.15) is 6.07 Å². The number of hydrogen-bond donors (Lipinski definition) is 0. The number of hydrogen-bond acceptors (Lipinski definition) is 2. The Hall–Kier alpha value is -1.62. The van der Waals surface area contributed by atoms with Crippen LogP contribution in [0.4, 0.5) is 0 Å². The molecule has 1 aromatic rings. The van der Waals surface area contributed by atoms with E-state index in [0.29, 0.717) is 0 Å². The molecular formula is C12H12N2. The Kier molecular flexibility index (Phi) is 2.09. The van der Waals surface area contributed by atoms with E-state index in [-0.39, 0.29) is 0 Å². The van der Waals surface area contributed by atoms with Crippen LogP contribution in [0.1, 0.15) is 35.7 Å². The molecule has 0 bridgehead atoms. The standard InChI is InChI=1S/C12H12N2/c1-8(2)12-11-5-3-4-10(11)9(6-13)7-14-12/h7H,1,3-5H2,2H3. The van der Waals surface area contributed by atoms with Crippen LogP contribution >= 0.6 is 0 Å². The highest BCUT2D eigenvalue weighted by Gasteiger charge is 2.19. The second kappa shape index (κ2) is 3.26. The Morgan fingerprint density at radius 2 is 2.21 bits per heavy atom. The first-order valence-electron chi connectivity index (χ1n) is 4.80. The molecule has 70 valence electrons. The molecule has 0 unspecified atom stereocenters. The summed E-state index contributed by atoms with van der Waals surface area (Å²) in [6.07, 6.45) is 4.87. The predicted octanol–water partition coefficient (Wildman–Crippen LogP) is 2.48. The number of fused-ring (bicyclic) bond motifs is 1. The van der Waals surface area contributed by atoms with Crippen LogP contribution in [0.3, 0.4) is 0 Å². The molecule has 2 nitrogen and oxygen atoms in total. The Labute approximate surface area is 83.9 Å². The number of aromatic nitrogens is 1. The van der Waals surface area contributed by atoms with Crippen molar-refractivity contribution in [2.24, 2.45) is 0 Å². The van der Waals surface area contributed by atoms with Gasteiger partial charge < -0.3 is 0 Å². The molecule has 0 spiro atoms. The van der Waals surface area contributed by atoms with Crippen molar-refractivity contribution in [2.75, 3.05) is 0 Å². The minimum atomic E-state index is 0.738. The van der Waals surface area contributed by atoms with Gasteiger partial charge in [-0.25, -0.2) is 0 Å². The Balaban J connectivity index is 2.65. The molecular weight excluding hydrogens is 172 g/mol. The normalized spacial score (nSPS) is 13.4. The summed E-state index contributed by atoms with van der Waals surface area (Å²) in [5.41, 5.74) is 5.17. The van der Waals surface area contributed by atoms with Crippen molar-refractivity contribution in [1.29, 1.82) is 5.26 Å². The fourth-order valence-corrected chi connectivity index (χ4v) is 2.05. The van der Waals surface area contributed by atoms with Gasteiger partial charge in [0.25, 0.3) is 0 Å². The van der Waals surface area contributed by atoms with Crippen LogP contribution in [0.5, 0.6) is 0 Å². The van der Waals surface area contributed by atoms with E-state index in [4.69, 9.17) is 5.26 Å². The Bertz CT molecular complexity index is 438. The number of allylic oxidation sites excluding steroid dienone is 1. The van der Waals surface area contributed by atoms with E-state index >= 15 is 0 Å². The highest BCUT2D eigenvalue weighted by atomic mass is 14.7. The van der Waals surface area contributed by atoms with Crippen LogP contribution in [0.25, 0.3) is 5.57 Å². The molecule has 0 saturated heterocycles. The van der Waals surface area contributed by atoms with Gasteiger partial charge in [-0.05, 0) is 42.9 Å². The van der Waals surface area contributed by atoms with Crippen molar-refractivity contribution >= 4 is 5.57 Å². The van der Waals surface area contributed by atoms with Crippen molar-refractivity contribution in [2.45, 2.75) is 26.2 Å². The summed E-state index contributed by atoms with van der Waals surface area (Å²) in [7, 11) is 0. The average Bonchev–Trinajstić information content (AvgIpc) is 2.64. The lowest BCUT2D eigenvalue weighted by molar-refractivity contribution is 0.909. The van der Waals surface area contributed by atoms with Gasteiger partial charge in [-0.3, -0.25) is 4.98 Å². The fourth-order valence-electron chi connectivity index (χ4n) is 2.05. The van der Waals surface area contributed by atoms with Gasteiger partial charge in [0.15, 0.2) is 0 Å². The maximum atomic E-state index is 8.92. The lowest BCUT2D eigenvalue weighted by atomic mass is 10.0. The first-order chi connectivity index (χ1) is 6.74. The summed E-state index contributed by atoms with van der Waals surface area (Å²) in [4.78, 5) is 4.30. The summed E-state index contributed by atoms with van der Waals surface area (Å²) < 4.78 is 0. The molecule has 2 rings (SSSR count). The zero-order valence-corrected chi connectivity index (χ0v) is 8.30. The monoisotopic (exact) mass is 184 g/mol. The van der Waals surface area contributed by atoms with Gasteiger partial charge in [-0.2, -0.15) is 5.26 Å². The molecule has 1 aliphatic carbocycles. The molecule has 1 heterocycles. The first-order valence-corrected chi connectivity index (χ1v) is 4.80. The summed E-state index contributed by atoms with van der Waals surface area (Å²) in [5, 5.41) is 8.92. The first kappa shape index (κ1) is 8.96. The average molecular weight is 184 g/mol. The maximum absolute atomic E-state index is 8.92. The number of nitrogens with zero attached hydrogens (tertiary/aromatic N) is 2. The molecule has 0 aliphatic heterocycles. The zero-order chi connectivity index (χ0) is 10.1. The van der Waals surface area contributed by atoms with E-state index in [2.05, 4.69) is 17.6 Å². The summed E-state index contributed by atoms with van der Waals surface area (Å²) in [6.45, 7) is 5.88.